The Labute approximate surface area is 142 Å². The molecule has 2 aromatic carbocycles. The number of halogens is 2. The number of nitrogens with zero attached hydrogens (tertiary/aromatic N) is 1. The number of benzene rings is 2. The molecule has 0 aliphatic rings. The number of rotatable bonds is 6. The van der Waals surface area contributed by atoms with Gasteiger partial charge in [0.15, 0.2) is 0 Å². The fourth-order valence-corrected chi connectivity index (χ4v) is 3.08. The molecular formula is C18H16F2N2OS. The van der Waals surface area contributed by atoms with Crippen molar-refractivity contribution in [2.24, 2.45) is 0 Å². The van der Waals surface area contributed by atoms with E-state index >= 15 is 0 Å². The Balaban J connectivity index is 1.54. The van der Waals surface area contributed by atoms with E-state index in [1.54, 1.807) is 24.3 Å². The van der Waals surface area contributed by atoms with E-state index in [2.05, 4.69) is 10.3 Å². The van der Waals surface area contributed by atoms with Gasteiger partial charge in [-0.3, -0.25) is 0 Å². The third-order valence-electron chi connectivity index (χ3n) is 3.54. The summed E-state index contributed by atoms with van der Waals surface area (Å²) in [7, 11) is 0. The molecule has 1 unspecified atom stereocenters. The monoisotopic (exact) mass is 346 g/mol. The Bertz CT molecular complexity index is 788. The van der Waals surface area contributed by atoms with Gasteiger partial charge in [0.2, 0.25) is 0 Å². The van der Waals surface area contributed by atoms with Crippen LogP contribution in [0, 0.1) is 11.6 Å². The molecule has 0 spiro atoms. The van der Waals surface area contributed by atoms with E-state index in [1.165, 1.54) is 35.6 Å². The van der Waals surface area contributed by atoms with Crippen LogP contribution in [0.2, 0.25) is 0 Å². The van der Waals surface area contributed by atoms with Gasteiger partial charge in [-0.25, -0.2) is 13.8 Å². The highest BCUT2D eigenvalue weighted by Gasteiger charge is 2.09. The van der Waals surface area contributed by atoms with Gasteiger partial charge in [-0.15, -0.1) is 11.3 Å². The minimum Gasteiger partial charge on any atom is -0.387 e. The molecule has 0 radical (unpaired) electrons. The van der Waals surface area contributed by atoms with Crippen molar-refractivity contribution in [2.45, 2.75) is 12.6 Å². The zero-order valence-electron chi connectivity index (χ0n) is 12.7. The molecular weight excluding hydrogens is 330 g/mol. The minimum atomic E-state index is -0.708. The van der Waals surface area contributed by atoms with Crippen LogP contribution in [0.4, 0.5) is 8.78 Å². The molecule has 0 fully saturated rings. The van der Waals surface area contributed by atoms with Crippen molar-refractivity contribution in [3.8, 4) is 10.6 Å². The van der Waals surface area contributed by atoms with E-state index in [0.717, 1.165) is 16.3 Å². The molecule has 0 aliphatic carbocycles. The van der Waals surface area contributed by atoms with Crippen LogP contribution in [-0.4, -0.2) is 16.6 Å². The number of aromatic nitrogens is 1. The summed E-state index contributed by atoms with van der Waals surface area (Å²) in [5, 5.41) is 15.9. The molecule has 24 heavy (non-hydrogen) atoms. The number of hydrogen-bond acceptors (Lipinski definition) is 4. The van der Waals surface area contributed by atoms with Crippen LogP contribution in [0.5, 0.6) is 0 Å². The number of nitrogens with one attached hydrogen (secondary N) is 1. The number of aliphatic hydroxyl groups excluding tert-OH is 1. The lowest BCUT2D eigenvalue weighted by Crippen LogP contribution is -2.21. The average Bonchev–Trinajstić information content (AvgIpc) is 3.05. The van der Waals surface area contributed by atoms with Crippen molar-refractivity contribution in [3.63, 3.8) is 0 Å². The lowest BCUT2D eigenvalue weighted by molar-refractivity contribution is 0.174. The maximum atomic E-state index is 12.9. The quantitative estimate of drug-likeness (QED) is 0.711. The van der Waals surface area contributed by atoms with Crippen LogP contribution in [0.3, 0.4) is 0 Å². The predicted molar refractivity (Wildman–Crippen MR) is 90.6 cm³/mol. The highest BCUT2D eigenvalue weighted by Crippen LogP contribution is 2.23. The molecule has 3 aromatic rings. The average molecular weight is 346 g/mol. The molecule has 0 bridgehead atoms. The van der Waals surface area contributed by atoms with Crippen LogP contribution >= 0.6 is 11.3 Å². The van der Waals surface area contributed by atoms with Crippen molar-refractivity contribution in [3.05, 3.63) is 76.8 Å². The maximum absolute atomic E-state index is 12.9. The second kappa shape index (κ2) is 7.61. The summed E-state index contributed by atoms with van der Waals surface area (Å²) < 4.78 is 25.8. The van der Waals surface area contributed by atoms with Gasteiger partial charge in [-0.2, -0.15) is 0 Å². The summed E-state index contributed by atoms with van der Waals surface area (Å²) in [5.41, 5.74) is 2.39. The molecule has 0 saturated carbocycles. The van der Waals surface area contributed by atoms with Crippen molar-refractivity contribution >= 4 is 11.3 Å². The highest BCUT2D eigenvalue weighted by molar-refractivity contribution is 7.13. The molecule has 2 N–H and O–H groups in total. The van der Waals surface area contributed by atoms with E-state index in [-0.39, 0.29) is 11.6 Å². The lowest BCUT2D eigenvalue weighted by Gasteiger charge is -2.11. The highest BCUT2D eigenvalue weighted by atomic mass is 32.1. The second-order valence-electron chi connectivity index (χ2n) is 5.35. The Kier molecular flexibility index (Phi) is 5.30. The van der Waals surface area contributed by atoms with Gasteiger partial charge in [0.1, 0.15) is 16.6 Å². The van der Waals surface area contributed by atoms with Crippen molar-refractivity contribution in [2.75, 3.05) is 6.54 Å². The predicted octanol–water partition coefficient (Wildman–Crippen LogP) is 3.91. The summed E-state index contributed by atoms with van der Waals surface area (Å²) in [5.74, 6) is -0.596. The zero-order valence-corrected chi connectivity index (χ0v) is 13.6. The standard InChI is InChI=1S/C18H16F2N2OS/c19-14-5-1-12(2-6-14)17(23)10-21-9-16-11-24-18(22-16)13-3-7-15(20)8-4-13/h1-8,11,17,21,23H,9-10H2. The molecule has 1 atom stereocenters. The van der Waals surface area contributed by atoms with Gasteiger partial charge in [-0.05, 0) is 42.0 Å². The van der Waals surface area contributed by atoms with Crippen LogP contribution in [0.1, 0.15) is 17.4 Å². The third-order valence-corrected chi connectivity index (χ3v) is 4.48. The van der Waals surface area contributed by atoms with Crippen LogP contribution < -0.4 is 5.32 Å². The van der Waals surface area contributed by atoms with Gasteiger partial charge in [0.25, 0.3) is 0 Å². The minimum absolute atomic E-state index is 0.271. The molecule has 0 aliphatic heterocycles. The first kappa shape index (κ1) is 16.7. The van der Waals surface area contributed by atoms with E-state index in [4.69, 9.17) is 0 Å². The van der Waals surface area contributed by atoms with Gasteiger partial charge >= 0.3 is 0 Å². The first-order valence-electron chi connectivity index (χ1n) is 7.46. The molecule has 3 rings (SSSR count). The summed E-state index contributed by atoms with van der Waals surface area (Å²) in [6.07, 6.45) is -0.708. The Morgan fingerprint density at radius 1 is 1.00 bits per heavy atom. The Hall–Kier alpha value is -2.15. The van der Waals surface area contributed by atoms with Gasteiger partial charge in [0, 0.05) is 24.0 Å². The lowest BCUT2D eigenvalue weighted by atomic mass is 10.1. The first-order valence-corrected chi connectivity index (χ1v) is 8.34. The van der Waals surface area contributed by atoms with E-state index in [9.17, 15) is 13.9 Å². The molecule has 1 heterocycles. The Morgan fingerprint density at radius 2 is 1.62 bits per heavy atom. The van der Waals surface area contributed by atoms with Gasteiger partial charge in [-0.1, -0.05) is 12.1 Å². The van der Waals surface area contributed by atoms with E-state index in [1.807, 2.05) is 5.38 Å². The summed E-state index contributed by atoms with van der Waals surface area (Å²) in [6, 6.07) is 12.0. The van der Waals surface area contributed by atoms with Gasteiger partial charge in [0.05, 0.1) is 11.8 Å². The van der Waals surface area contributed by atoms with E-state index < -0.39 is 6.10 Å². The summed E-state index contributed by atoms with van der Waals surface area (Å²) in [4.78, 5) is 4.49. The summed E-state index contributed by atoms with van der Waals surface area (Å²) in [6.45, 7) is 0.852. The molecule has 0 saturated heterocycles. The molecule has 0 amide bonds. The number of thiazole rings is 1. The molecule has 3 nitrogen and oxygen atoms in total. The van der Waals surface area contributed by atoms with Crippen molar-refractivity contribution < 1.29 is 13.9 Å². The summed E-state index contributed by atoms with van der Waals surface area (Å²) >= 11 is 1.49. The van der Waals surface area contributed by atoms with Crippen molar-refractivity contribution in [1.82, 2.24) is 10.3 Å². The second-order valence-corrected chi connectivity index (χ2v) is 6.21. The van der Waals surface area contributed by atoms with Crippen LogP contribution in [-0.2, 0) is 6.54 Å². The van der Waals surface area contributed by atoms with Gasteiger partial charge < -0.3 is 10.4 Å². The first-order chi connectivity index (χ1) is 11.6. The SMILES string of the molecule is OC(CNCc1csc(-c2ccc(F)cc2)n1)c1ccc(F)cc1. The topological polar surface area (TPSA) is 45.1 Å². The molecule has 124 valence electrons. The molecule has 6 heteroatoms. The molecule has 1 aromatic heterocycles. The third kappa shape index (κ3) is 4.23. The zero-order chi connectivity index (χ0) is 16.9. The Morgan fingerprint density at radius 3 is 2.29 bits per heavy atom. The van der Waals surface area contributed by atoms with E-state index in [0.29, 0.717) is 18.7 Å². The fourth-order valence-electron chi connectivity index (χ4n) is 2.25. The smallest absolute Gasteiger partial charge is 0.123 e. The number of aliphatic hydroxyl groups is 1. The van der Waals surface area contributed by atoms with Crippen molar-refractivity contribution in [1.29, 1.82) is 0 Å². The largest absolute Gasteiger partial charge is 0.387 e. The normalized spacial score (nSPS) is 12.3. The fraction of sp³-hybridized carbons (Fsp3) is 0.167. The van der Waals surface area contributed by atoms with Crippen LogP contribution in [0.25, 0.3) is 10.6 Å². The van der Waals surface area contributed by atoms with Crippen LogP contribution in [0.15, 0.2) is 53.9 Å². The maximum Gasteiger partial charge on any atom is 0.123 e. The number of hydrogen-bond donors (Lipinski definition) is 2.